The number of fused-ring (bicyclic) bond motifs is 1. The number of aryl methyl sites for hydroxylation is 2. The molecule has 3 amide bonds. The van der Waals surface area contributed by atoms with Gasteiger partial charge in [-0.15, -0.1) is 0 Å². The molecule has 5 rings (SSSR count). The number of carbonyl (C=O) groups excluding carboxylic acids is 3. The van der Waals surface area contributed by atoms with Gasteiger partial charge in [0.2, 0.25) is 6.17 Å². The van der Waals surface area contributed by atoms with Crippen LogP contribution in [-0.4, -0.2) is 36.1 Å². The van der Waals surface area contributed by atoms with Crippen LogP contribution in [0.3, 0.4) is 0 Å². The summed E-state index contributed by atoms with van der Waals surface area (Å²) in [6, 6.07) is 31.1. The van der Waals surface area contributed by atoms with Crippen molar-refractivity contribution in [2.24, 2.45) is 4.99 Å². The highest BCUT2D eigenvalue weighted by atomic mass is 16.2. The number of anilines is 2. The molecule has 0 aromatic heterocycles. The molecule has 4 aromatic rings. The first-order valence-electron chi connectivity index (χ1n) is 13.2. The van der Waals surface area contributed by atoms with Crippen molar-refractivity contribution in [2.45, 2.75) is 26.4 Å². The van der Waals surface area contributed by atoms with Crippen molar-refractivity contribution in [3.05, 3.63) is 131 Å². The van der Waals surface area contributed by atoms with E-state index in [2.05, 4.69) is 10.6 Å². The molecule has 0 radical (unpaired) electrons. The number of carbonyl (C=O) groups is 3. The van der Waals surface area contributed by atoms with Gasteiger partial charge in [-0.3, -0.25) is 9.59 Å². The fraction of sp³-hybridized carbons (Fsp3) is 0.152. The van der Waals surface area contributed by atoms with Crippen LogP contribution >= 0.6 is 0 Å². The Balaban J connectivity index is 1.53. The highest BCUT2D eigenvalue weighted by molar-refractivity contribution is 6.21. The van der Waals surface area contributed by atoms with Crippen molar-refractivity contribution in [1.29, 1.82) is 0 Å². The number of Topliss-reactive ketones (excluding diaryl/α,β-unsaturated/α-hetero) is 1. The Bertz CT molecular complexity index is 1600. The maximum Gasteiger partial charge on any atom is 0.321 e. The van der Waals surface area contributed by atoms with Gasteiger partial charge >= 0.3 is 6.03 Å². The normalized spacial score (nSPS) is 14.6. The van der Waals surface area contributed by atoms with Gasteiger partial charge in [0.25, 0.3) is 5.91 Å². The standard InChI is InChI=1S/C33H30N4O3/c1-3-23-13-11-16-25(20-23)34-33(40)36-31-32(39)37(21-29(38)26-17-8-7-12-22(26)2)28-19-10-9-18-27(28)30(35-31)24-14-5-4-6-15-24/h4-20,31H,3,21H2,1-2H3,(H2,34,36,40). The van der Waals surface area contributed by atoms with Gasteiger partial charge in [0, 0.05) is 22.4 Å². The fourth-order valence-corrected chi connectivity index (χ4v) is 4.79. The molecule has 1 atom stereocenters. The van der Waals surface area contributed by atoms with Gasteiger partial charge in [-0.2, -0.15) is 0 Å². The average Bonchev–Trinajstić information content (AvgIpc) is 3.08. The van der Waals surface area contributed by atoms with Crippen LogP contribution in [-0.2, 0) is 11.2 Å². The monoisotopic (exact) mass is 530 g/mol. The van der Waals surface area contributed by atoms with E-state index in [1.54, 1.807) is 24.3 Å². The van der Waals surface area contributed by atoms with Crippen LogP contribution in [0.1, 0.15) is 39.5 Å². The maximum absolute atomic E-state index is 14.0. The lowest BCUT2D eigenvalue weighted by molar-refractivity contribution is -0.120. The van der Waals surface area contributed by atoms with Gasteiger partial charge in [0.1, 0.15) is 0 Å². The number of para-hydroxylation sites is 1. The van der Waals surface area contributed by atoms with Crippen LogP contribution in [0.5, 0.6) is 0 Å². The summed E-state index contributed by atoms with van der Waals surface area (Å²) in [6.07, 6.45) is -0.438. The van der Waals surface area contributed by atoms with Gasteiger partial charge < -0.3 is 15.5 Å². The zero-order valence-corrected chi connectivity index (χ0v) is 22.4. The van der Waals surface area contributed by atoms with Gasteiger partial charge in [-0.1, -0.05) is 91.9 Å². The van der Waals surface area contributed by atoms with Crippen LogP contribution in [0.25, 0.3) is 0 Å². The summed E-state index contributed by atoms with van der Waals surface area (Å²) in [6.45, 7) is 3.70. The third-order valence-electron chi connectivity index (χ3n) is 6.86. The SMILES string of the molecule is CCc1cccc(NC(=O)NC2N=C(c3ccccc3)c3ccccc3N(CC(=O)c3ccccc3C)C2=O)c1. The third-order valence-corrected chi connectivity index (χ3v) is 6.86. The number of ketones is 1. The van der Waals surface area contributed by atoms with Crippen molar-refractivity contribution in [3.63, 3.8) is 0 Å². The molecule has 0 aliphatic carbocycles. The molecule has 0 saturated heterocycles. The summed E-state index contributed by atoms with van der Waals surface area (Å²) < 4.78 is 0. The summed E-state index contributed by atoms with van der Waals surface area (Å²) in [7, 11) is 0. The van der Waals surface area contributed by atoms with Gasteiger partial charge in [0.05, 0.1) is 17.9 Å². The number of nitrogens with one attached hydrogen (secondary N) is 2. The Hall–Kier alpha value is -5.04. The van der Waals surface area contributed by atoms with Crippen LogP contribution in [0.15, 0.2) is 108 Å². The van der Waals surface area contributed by atoms with Crippen LogP contribution in [0.4, 0.5) is 16.2 Å². The summed E-state index contributed by atoms with van der Waals surface area (Å²) in [4.78, 5) is 46.8. The Kier molecular flexibility index (Phi) is 7.82. The van der Waals surface area contributed by atoms with Crippen molar-refractivity contribution < 1.29 is 14.4 Å². The lowest BCUT2D eigenvalue weighted by Crippen LogP contribution is -2.50. The van der Waals surface area contributed by atoms with Crippen LogP contribution in [0.2, 0.25) is 0 Å². The second-order valence-corrected chi connectivity index (χ2v) is 9.58. The van der Waals surface area contributed by atoms with E-state index in [4.69, 9.17) is 4.99 Å². The first kappa shape index (κ1) is 26.6. The molecule has 0 spiro atoms. The molecule has 200 valence electrons. The van der Waals surface area contributed by atoms with Crippen molar-refractivity contribution >= 4 is 34.8 Å². The molecule has 4 aromatic carbocycles. The predicted molar refractivity (Wildman–Crippen MR) is 158 cm³/mol. The second-order valence-electron chi connectivity index (χ2n) is 9.58. The molecule has 7 heteroatoms. The molecule has 1 aliphatic rings. The second kappa shape index (κ2) is 11.8. The van der Waals surface area contributed by atoms with Gasteiger partial charge in [0.15, 0.2) is 5.78 Å². The Morgan fingerprint density at radius 2 is 1.60 bits per heavy atom. The quantitative estimate of drug-likeness (QED) is 0.297. The zero-order valence-electron chi connectivity index (χ0n) is 22.4. The van der Waals surface area contributed by atoms with Crippen molar-refractivity contribution in [1.82, 2.24) is 5.32 Å². The Labute approximate surface area is 233 Å². The molecule has 1 unspecified atom stereocenters. The molecule has 0 fully saturated rings. The summed E-state index contributed by atoms with van der Waals surface area (Å²) in [5, 5.41) is 5.56. The molecular formula is C33H30N4O3. The topological polar surface area (TPSA) is 90.9 Å². The largest absolute Gasteiger partial charge is 0.321 e. The first-order chi connectivity index (χ1) is 19.4. The summed E-state index contributed by atoms with van der Waals surface area (Å²) in [5.74, 6) is -0.707. The molecular weight excluding hydrogens is 500 g/mol. The van der Waals surface area contributed by atoms with Crippen LogP contribution < -0.4 is 15.5 Å². The number of rotatable bonds is 7. The van der Waals surface area contributed by atoms with Crippen molar-refractivity contribution in [3.8, 4) is 0 Å². The minimum atomic E-state index is -1.26. The lowest BCUT2D eigenvalue weighted by Gasteiger charge is -2.25. The highest BCUT2D eigenvalue weighted by Gasteiger charge is 2.34. The number of benzodiazepines with no additional fused rings is 1. The molecule has 40 heavy (non-hydrogen) atoms. The van der Waals surface area contributed by atoms with E-state index in [0.29, 0.717) is 28.2 Å². The van der Waals surface area contributed by atoms with E-state index >= 15 is 0 Å². The maximum atomic E-state index is 14.0. The van der Waals surface area contributed by atoms with E-state index in [0.717, 1.165) is 23.1 Å². The number of aliphatic imine (C=N–C) groups is 1. The third kappa shape index (κ3) is 5.68. The van der Waals surface area contributed by atoms with E-state index in [1.165, 1.54) is 4.90 Å². The first-order valence-corrected chi connectivity index (χ1v) is 13.2. The number of amides is 3. The Morgan fingerprint density at radius 3 is 2.38 bits per heavy atom. The average molecular weight is 531 g/mol. The highest BCUT2D eigenvalue weighted by Crippen LogP contribution is 2.29. The van der Waals surface area contributed by atoms with E-state index < -0.39 is 18.1 Å². The van der Waals surface area contributed by atoms with E-state index in [-0.39, 0.29) is 12.3 Å². The minimum absolute atomic E-state index is 0.198. The lowest BCUT2D eigenvalue weighted by atomic mass is 9.99. The molecule has 1 aliphatic heterocycles. The fourth-order valence-electron chi connectivity index (χ4n) is 4.79. The number of benzene rings is 4. The van der Waals surface area contributed by atoms with Gasteiger partial charge in [-0.05, 0) is 42.7 Å². The number of nitrogens with zero attached hydrogens (tertiary/aromatic N) is 2. The molecule has 0 saturated carbocycles. The van der Waals surface area contributed by atoms with Crippen LogP contribution in [0, 0.1) is 6.92 Å². The number of urea groups is 1. The molecule has 7 nitrogen and oxygen atoms in total. The summed E-state index contributed by atoms with van der Waals surface area (Å²) in [5.41, 5.74) is 5.64. The Morgan fingerprint density at radius 1 is 0.875 bits per heavy atom. The molecule has 1 heterocycles. The number of hydrogen-bond acceptors (Lipinski definition) is 4. The summed E-state index contributed by atoms with van der Waals surface area (Å²) >= 11 is 0. The van der Waals surface area contributed by atoms with Crippen molar-refractivity contribution in [2.75, 3.05) is 16.8 Å². The number of hydrogen-bond donors (Lipinski definition) is 2. The minimum Gasteiger partial charge on any atom is -0.308 e. The van der Waals surface area contributed by atoms with E-state index in [1.807, 2.05) is 92.7 Å². The zero-order chi connectivity index (χ0) is 28.1. The predicted octanol–water partition coefficient (Wildman–Crippen LogP) is 5.77. The molecule has 2 N–H and O–H groups in total. The smallest absolute Gasteiger partial charge is 0.308 e. The van der Waals surface area contributed by atoms with Gasteiger partial charge in [-0.25, -0.2) is 9.79 Å². The molecule has 0 bridgehead atoms. The van der Waals surface area contributed by atoms with E-state index in [9.17, 15) is 14.4 Å².